The van der Waals surface area contributed by atoms with E-state index in [2.05, 4.69) is 20.4 Å². The van der Waals surface area contributed by atoms with Gasteiger partial charge < -0.3 is 16.0 Å². The highest BCUT2D eigenvalue weighted by molar-refractivity contribution is 6.30. The van der Waals surface area contributed by atoms with E-state index in [4.69, 9.17) is 21.9 Å². The lowest BCUT2D eigenvalue weighted by molar-refractivity contribution is 0.383. The fourth-order valence-corrected chi connectivity index (χ4v) is 3.00. The third kappa shape index (κ3) is 3.23. The van der Waals surface area contributed by atoms with Crippen molar-refractivity contribution < 1.29 is 17.7 Å². The average Bonchev–Trinajstić information content (AvgIpc) is 3.29. The Labute approximate surface area is 165 Å². The van der Waals surface area contributed by atoms with Crippen LogP contribution in [0.2, 0.25) is 5.02 Å². The molecule has 2 aromatic heterocycles. The van der Waals surface area contributed by atoms with Gasteiger partial charge in [0.05, 0.1) is 21.8 Å². The molecule has 0 saturated heterocycles. The number of imidazole rings is 1. The van der Waals surface area contributed by atoms with E-state index in [9.17, 15) is 18.0 Å². The molecule has 0 saturated carbocycles. The van der Waals surface area contributed by atoms with Gasteiger partial charge in [0.15, 0.2) is 17.5 Å². The minimum absolute atomic E-state index is 0.00139. The highest BCUT2D eigenvalue weighted by Gasteiger charge is 2.23. The predicted octanol–water partition coefficient (Wildman–Crippen LogP) is 2.81. The van der Waals surface area contributed by atoms with Crippen LogP contribution in [0.25, 0.3) is 28.1 Å². The zero-order chi connectivity index (χ0) is 20.7. The number of anilines is 1. The van der Waals surface area contributed by atoms with Gasteiger partial charge in [-0.05, 0) is 24.3 Å². The third-order valence-electron chi connectivity index (χ3n) is 4.11. The summed E-state index contributed by atoms with van der Waals surface area (Å²) in [6.45, 7) is 0.622. The van der Waals surface area contributed by atoms with Crippen LogP contribution in [0.4, 0.5) is 19.1 Å². The van der Waals surface area contributed by atoms with E-state index in [1.807, 2.05) is 0 Å². The molecule has 0 unspecified atom stereocenters. The van der Waals surface area contributed by atoms with Crippen molar-refractivity contribution >= 4 is 28.6 Å². The number of fused-ring (bicyclic) bond motifs is 1. The van der Waals surface area contributed by atoms with Crippen LogP contribution >= 0.6 is 11.6 Å². The Kier molecular flexibility index (Phi) is 4.76. The van der Waals surface area contributed by atoms with Crippen molar-refractivity contribution in [2.75, 3.05) is 18.4 Å². The second-order valence-corrected chi connectivity index (χ2v) is 6.36. The molecule has 0 atom stereocenters. The van der Waals surface area contributed by atoms with E-state index in [0.29, 0.717) is 6.54 Å². The molecule has 0 spiro atoms. The molecule has 0 aliphatic carbocycles. The van der Waals surface area contributed by atoms with Crippen molar-refractivity contribution in [3.05, 3.63) is 57.3 Å². The molecule has 2 heterocycles. The first-order valence-electron chi connectivity index (χ1n) is 8.27. The number of nitrogens with two attached hydrogens (primary N) is 1. The summed E-state index contributed by atoms with van der Waals surface area (Å²) >= 11 is 5.79. The molecule has 29 heavy (non-hydrogen) atoms. The Hall–Kier alpha value is -3.31. The number of hydrogen-bond acceptors (Lipinski definition) is 6. The minimum Gasteiger partial charge on any atom is -0.355 e. The molecule has 12 heteroatoms. The largest absolute Gasteiger partial charge is 0.446 e. The van der Waals surface area contributed by atoms with E-state index < -0.39 is 23.2 Å². The number of nitrogens with one attached hydrogen (secondary N) is 2. The number of rotatable bonds is 5. The van der Waals surface area contributed by atoms with Crippen molar-refractivity contribution in [2.24, 2.45) is 5.73 Å². The second-order valence-electron chi connectivity index (χ2n) is 5.95. The van der Waals surface area contributed by atoms with Crippen molar-refractivity contribution in [3.63, 3.8) is 0 Å². The fraction of sp³-hybridized carbons (Fsp3) is 0.118. The van der Waals surface area contributed by atoms with Crippen LogP contribution in [-0.4, -0.2) is 32.8 Å². The minimum atomic E-state index is -1.21. The molecular weight excluding hydrogens is 413 g/mol. The van der Waals surface area contributed by atoms with E-state index in [-0.39, 0.29) is 45.6 Å². The molecule has 150 valence electrons. The van der Waals surface area contributed by atoms with Gasteiger partial charge in [0, 0.05) is 13.1 Å². The van der Waals surface area contributed by atoms with Crippen molar-refractivity contribution in [1.29, 1.82) is 0 Å². The lowest BCUT2D eigenvalue weighted by Gasteiger charge is -2.07. The Bertz CT molecular complexity index is 1280. The quantitative estimate of drug-likeness (QED) is 0.454. The fourth-order valence-electron chi connectivity index (χ4n) is 2.82. The molecule has 8 nitrogen and oxygen atoms in total. The van der Waals surface area contributed by atoms with Crippen LogP contribution < -0.4 is 16.8 Å². The van der Waals surface area contributed by atoms with Gasteiger partial charge in [0.1, 0.15) is 11.3 Å². The van der Waals surface area contributed by atoms with Gasteiger partial charge in [-0.3, -0.25) is 4.52 Å². The number of hydrogen-bond donors (Lipinski definition) is 3. The van der Waals surface area contributed by atoms with Crippen LogP contribution in [-0.2, 0) is 0 Å². The monoisotopic (exact) mass is 424 g/mol. The standard InChI is InChI=1S/C17H12ClF3N6O2/c18-9-5-7(1-2-10(9)19)27-15(26-29-17(27)28)8-6-11(20)12(21)14-13(8)24-16(25-14)23-4-3-22/h1-2,5-6H,3-4,22H2,(H2,23,24,25). The Balaban J connectivity index is 1.96. The maximum atomic E-state index is 14.3. The predicted molar refractivity (Wildman–Crippen MR) is 99.6 cm³/mol. The lowest BCUT2D eigenvalue weighted by atomic mass is 10.1. The second kappa shape index (κ2) is 7.26. The van der Waals surface area contributed by atoms with Gasteiger partial charge in [-0.25, -0.2) is 27.5 Å². The van der Waals surface area contributed by atoms with Crippen LogP contribution in [0.15, 0.2) is 33.6 Å². The maximum absolute atomic E-state index is 14.3. The normalized spacial score (nSPS) is 11.3. The first kappa shape index (κ1) is 19.0. The maximum Gasteiger partial charge on any atom is 0.446 e. The molecular formula is C17H12ClF3N6O2. The Morgan fingerprint density at radius 3 is 2.76 bits per heavy atom. The summed E-state index contributed by atoms with van der Waals surface area (Å²) < 4.78 is 47.7. The van der Waals surface area contributed by atoms with Gasteiger partial charge in [0.2, 0.25) is 5.95 Å². The zero-order valence-corrected chi connectivity index (χ0v) is 15.2. The van der Waals surface area contributed by atoms with Crippen LogP contribution in [0.1, 0.15) is 0 Å². The molecule has 4 aromatic rings. The van der Waals surface area contributed by atoms with E-state index >= 15 is 0 Å². The summed E-state index contributed by atoms with van der Waals surface area (Å²) in [5.74, 6) is -4.01. The molecule has 0 amide bonds. The number of halogens is 4. The van der Waals surface area contributed by atoms with Crippen molar-refractivity contribution in [3.8, 4) is 17.1 Å². The summed E-state index contributed by atoms with van der Waals surface area (Å²) in [6.07, 6.45) is 0. The molecule has 4 rings (SSSR count). The number of nitrogens with zero attached hydrogens (tertiary/aromatic N) is 3. The topological polar surface area (TPSA) is 115 Å². The molecule has 2 aromatic carbocycles. The molecule has 0 bridgehead atoms. The highest BCUT2D eigenvalue weighted by Crippen LogP contribution is 2.32. The number of aromatic amines is 1. The molecule has 0 radical (unpaired) electrons. The summed E-state index contributed by atoms with van der Waals surface area (Å²) in [5.41, 5.74) is 5.30. The van der Waals surface area contributed by atoms with Gasteiger partial charge >= 0.3 is 5.76 Å². The van der Waals surface area contributed by atoms with Gasteiger partial charge in [-0.1, -0.05) is 16.8 Å². The number of aromatic nitrogens is 4. The summed E-state index contributed by atoms with van der Waals surface area (Å²) in [7, 11) is 0. The molecule has 4 N–H and O–H groups in total. The molecule has 0 aliphatic heterocycles. The van der Waals surface area contributed by atoms with E-state index in [1.54, 1.807) is 0 Å². The first-order chi connectivity index (χ1) is 13.9. The molecule has 0 fully saturated rings. The number of H-pyrrole nitrogens is 1. The average molecular weight is 425 g/mol. The van der Waals surface area contributed by atoms with E-state index in [1.165, 1.54) is 12.1 Å². The lowest BCUT2D eigenvalue weighted by Crippen LogP contribution is -2.14. The van der Waals surface area contributed by atoms with Crippen molar-refractivity contribution in [1.82, 2.24) is 19.7 Å². The first-order valence-corrected chi connectivity index (χ1v) is 8.64. The Morgan fingerprint density at radius 1 is 1.24 bits per heavy atom. The van der Waals surface area contributed by atoms with Crippen LogP contribution in [0.5, 0.6) is 0 Å². The summed E-state index contributed by atoms with van der Waals surface area (Å²) in [4.78, 5) is 19.0. The SMILES string of the molecule is NCCNc1nc2c(F)c(F)cc(-c3noc(=O)n3-c3ccc(F)c(Cl)c3)c2[nH]1. The zero-order valence-electron chi connectivity index (χ0n) is 14.5. The smallest absolute Gasteiger partial charge is 0.355 e. The van der Waals surface area contributed by atoms with E-state index in [0.717, 1.165) is 16.7 Å². The summed E-state index contributed by atoms with van der Waals surface area (Å²) in [5, 5.41) is 6.25. The van der Waals surface area contributed by atoms with Gasteiger partial charge in [-0.15, -0.1) is 0 Å². The Morgan fingerprint density at radius 2 is 2.03 bits per heavy atom. The van der Waals surface area contributed by atoms with Gasteiger partial charge in [0.25, 0.3) is 0 Å². The third-order valence-corrected chi connectivity index (χ3v) is 4.40. The number of benzene rings is 2. The summed E-state index contributed by atoms with van der Waals surface area (Å²) in [6, 6.07) is 4.34. The molecule has 0 aliphatic rings. The van der Waals surface area contributed by atoms with Crippen LogP contribution in [0, 0.1) is 17.5 Å². The van der Waals surface area contributed by atoms with Gasteiger partial charge in [-0.2, -0.15) is 0 Å². The highest BCUT2D eigenvalue weighted by atomic mass is 35.5. The van der Waals surface area contributed by atoms with Crippen molar-refractivity contribution in [2.45, 2.75) is 0 Å². The van der Waals surface area contributed by atoms with Crippen LogP contribution in [0.3, 0.4) is 0 Å².